The van der Waals surface area contributed by atoms with Gasteiger partial charge in [-0.25, -0.2) is 0 Å². The molecule has 17 heavy (non-hydrogen) atoms. The highest BCUT2D eigenvalue weighted by molar-refractivity contribution is 5.95. The van der Waals surface area contributed by atoms with Crippen LogP contribution >= 0.6 is 0 Å². The van der Waals surface area contributed by atoms with E-state index < -0.39 is 0 Å². The van der Waals surface area contributed by atoms with Crippen LogP contribution in [0.2, 0.25) is 0 Å². The normalized spacial score (nSPS) is 12.5. The number of amides is 1. The molecule has 0 bridgehead atoms. The van der Waals surface area contributed by atoms with Crippen molar-refractivity contribution in [2.45, 2.75) is 13.3 Å². The van der Waals surface area contributed by atoms with Crippen LogP contribution in [0.15, 0.2) is 18.2 Å². The summed E-state index contributed by atoms with van der Waals surface area (Å²) in [4.78, 5) is 13.8. The van der Waals surface area contributed by atoms with Crippen molar-refractivity contribution in [2.75, 3.05) is 25.0 Å². The van der Waals surface area contributed by atoms with E-state index in [1.807, 2.05) is 25.1 Å². The van der Waals surface area contributed by atoms with Crippen molar-refractivity contribution in [3.63, 3.8) is 0 Å². The maximum atomic E-state index is 12.2. The van der Waals surface area contributed by atoms with E-state index in [2.05, 4.69) is 11.2 Å². The maximum absolute atomic E-state index is 12.2. The number of nitrogens with one attached hydrogen (secondary N) is 1. The fraction of sp³-hybridized carbons (Fsp3) is 0.357. The summed E-state index contributed by atoms with van der Waals surface area (Å²) in [5.74, 6) is 2.53. The molecular weight excluding hydrogens is 212 g/mol. The monoisotopic (exact) mass is 228 g/mol. The topological polar surface area (TPSA) is 32.3 Å². The first-order chi connectivity index (χ1) is 8.26. The number of hydrogen-bond acceptors (Lipinski definition) is 2. The Labute approximate surface area is 102 Å². The number of rotatable bonds is 3. The van der Waals surface area contributed by atoms with E-state index in [1.54, 1.807) is 4.90 Å². The number of carbonyl (C=O) groups excluding carboxylic acids is 1. The van der Waals surface area contributed by atoms with Crippen molar-refractivity contribution in [1.29, 1.82) is 0 Å². The zero-order valence-electron chi connectivity index (χ0n) is 9.99. The molecule has 1 aliphatic rings. The summed E-state index contributed by atoms with van der Waals surface area (Å²) < 4.78 is 0. The fourth-order valence-corrected chi connectivity index (χ4v) is 2.06. The van der Waals surface area contributed by atoms with Gasteiger partial charge >= 0.3 is 0 Å². The Morgan fingerprint density at radius 3 is 3.12 bits per heavy atom. The van der Waals surface area contributed by atoms with Gasteiger partial charge in [0.2, 0.25) is 0 Å². The molecule has 1 aromatic carbocycles. The molecule has 88 valence electrons. The smallest absolute Gasteiger partial charge is 0.254 e. The number of hydrogen-bond donors (Lipinski definition) is 1. The van der Waals surface area contributed by atoms with Crippen LogP contribution in [0, 0.1) is 12.3 Å². The van der Waals surface area contributed by atoms with Gasteiger partial charge in [0, 0.05) is 24.3 Å². The van der Waals surface area contributed by atoms with Gasteiger partial charge in [0.05, 0.1) is 6.54 Å². The number of nitrogens with zero attached hydrogens (tertiary/aromatic N) is 1. The molecule has 0 radical (unpaired) electrons. The first-order valence-corrected chi connectivity index (χ1v) is 5.85. The van der Waals surface area contributed by atoms with E-state index in [0.717, 1.165) is 24.2 Å². The molecule has 0 aromatic heterocycles. The quantitative estimate of drug-likeness (QED) is 0.799. The first-order valence-electron chi connectivity index (χ1n) is 5.85. The van der Waals surface area contributed by atoms with Gasteiger partial charge in [-0.15, -0.1) is 6.42 Å². The molecule has 1 aliphatic heterocycles. The van der Waals surface area contributed by atoms with Crippen LogP contribution in [0.4, 0.5) is 5.69 Å². The van der Waals surface area contributed by atoms with Gasteiger partial charge in [-0.05, 0) is 37.1 Å². The van der Waals surface area contributed by atoms with Gasteiger partial charge in [0.15, 0.2) is 0 Å². The van der Waals surface area contributed by atoms with Gasteiger partial charge in [-0.1, -0.05) is 5.92 Å². The molecule has 2 rings (SSSR count). The fourth-order valence-electron chi connectivity index (χ4n) is 2.06. The van der Waals surface area contributed by atoms with Crippen LogP contribution < -0.4 is 5.32 Å². The Kier molecular flexibility index (Phi) is 3.34. The molecule has 0 saturated heterocycles. The van der Waals surface area contributed by atoms with E-state index >= 15 is 0 Å². The lowest BCUT2D eigenvalue weighted by Crippen LogP contribution is -2.31. The summed E-state index contributed by atoms with van der Waals surface area (Å²) in [6, 6.07) is 5.80. The number of benzene rings is 1. The van der Waals surface area contributed by atoms with Crippen LogP contribution in [-0.2, 0) is 6.42 Å². The van der Waals surface area contributed by atoms with E-state index in [1.165, 1.54) is 5.56 Å². The average molecular weight is 228 g/mol. The molecule has 0 aliphatic carbocycles. The zero-order valence-corrected chi connectivity index (χ0v) is 9.99. The molecule has 0 unspecified atom stereocenters. The van der Waals surface area contributed by atoms with Crippen LogP contribution in [0.3, 0.4) is 0 Å². The number of carbonyl (C=O) groups is 1. The standard InChI is InChI=1S/C14H16N2O/c1-3-9-16(4-2)14(17)12-5-6-13-11(10-12)7-8-15-13/h1,5-6,10,15H,4,7-9H2,2H3. The molecule has 3 nitrogen and oxygen atoms in total. The van der Waals surface area contributed by atoms with Gasteiger partial charge in [0.1, 0.15) is 0 Å². The van der Waals surface area contributed by atoms with Gasteiger partial charge in [-0.3, -0.25) is 4.79 Å². The van der Waals surface area contributed by atoms with Crippen LogP contribution in [-0.4, -0.2) is 30.4 Å². The molecule has 1 N–H and O–H groups in total. The van der Waals surface area contributed by atoms with Crippen molar-refractivity contribution in [2.24, 2.45) is 0 Å². The van der Waals surface area contributed by atoms with Crippen molar-refractivity contribution < 1.29 is 4.79 Å². The highest BCUT2D eigenvalue weighted by Gasteiger charge is 2.16. The maximum Gasteiger partial charge on any atom is 0.254 e. The van der Waals surface area contributed by atoms with E-state index in [-0.39, 0.29) is 5.91 Å². The average Bonchev–Trinajstić information content (AvgIpc) is 2.82. The molecule has 3 heteroatoms. The van der Waals surface area contributed by atoms with E-state index in [0.29, 0.717) is 13.1 Å². The minimum atomic E-state index is 0.0140. The summed E-state index contributed by atoms with van der Waals surface area (Å²) in [5.41, 5.74) is 3.08. The first kappa shape index (κ1) is 11.5. The highest BCUT2D eigenvalue weighted by atomic mass is 16.2. The third-order valence-corrected chi connectivity index (χ3v) is 3.01. The third-order valence-electron chi connectivity index (χ3n) is 3.01. The second kappa shape index (κ2) is 4.92. The zero-order chi connectivity index (χ0) is 12.3. The Balaban J connectivity index is 2.22. The molecular formula is C14H16N2O. The van der Waals surface area contributed by atoms with Gasteiger partial charge in [-0.2, -0.15) is 0 Å². The third kappa shape index (κ3) is 2.26. The molecule has 0 fully saturated rings. The minimum Gasteiger partial charge on any atom is -0.384 e. The summed E-state index contributed by atoms with van der Waals surface area (Å²) in [7, 11) is 0. The minimum absolute atomic E-state index is 0.0140. The lowest BCUT2D eigenvalue weighted by molar-refractivity contribution is 0.0785. The summed E-state index contributed by atoms with van der Waals surface area (Å²) in [5, 5.41) is 3.28. The van der Waals surface area contributed by atoms with Crippen LogP contribution in [0.5, 0.6) is 0 Å². The summed E-state index contributed by atoms with van der Waals surface area (Å²) >= 11 is 0. The Hall–Kier alpha value is -1.95. The van der Waals surface area contributed by atoms with Crippen molar-refractivity contribution in [1.82, 2.24) is 4.90 Å². The molecule has 0 saturated carbocycles. The van der Waals surface area contributed by atoms with Crippen LogP contribution in [0.1, 0.15) is 22.8 Å². The molecule has 1 aromatic rings. The molecule has 0 spiro atoms. The van der Waals surface area contributed by atoms with Crippen molar-refractivity contribution in [3.8, 4) is 12.3 Å². The van der Waals surface area contributed by atoms with Crippen molar-refractivity contribution in [3.05, 3.63) is 29.3 Å². The lowest BCUT2D eigenvalue weighted by atomic mass is 10.1. The Bertz CT molecular complexity index is 474. The van der Waals surface area contributed by atoms with E-state index in [9.17, 15) is 4.79 Å². The number of anilines is 1. The largest absolute Gasteiger partial charge is 0.384 e. The molecule has 1 amide bonds. The van der Waals surface area contributed by atoms with E-state index in [4.69, 9.17) is 6.42 Å². The second-order valence-electron chi connectivity index (χ2n) is 4.07. The van der Waals surface area contributed by atoms with Gasteiger partial charge < -0.3 is 10.2 Å². The van der Waals surface area contributed by atoms with Crippen LogP contribution in [0.25, 0.3) is 0 Å². The molecule has 1 heterocycles. The number of terminal acetylenes is 1. The Morgan fingerprint density at radius 1 is 1.59 bits per heavy atom. The van der Waals surface area contributed by atoms with Gasteiger partial charge in [0.25, 0.3) is 5.91 Å². The highest BCUT2D eigenvalue weighted by Crippen LogP contribution is 2.23. The lowest BCUT2D eigenvalue weighted by Gasteiger charge is -2.18. The number of fused-ring (bicyclic) bond motifs is 1. The summed E-state index contributed by atoms with van der Waals surface area (Å²) in [6.45, 7) is 3.89. The predicted octanol–water partition coefficient (Wildman–Crippen LogP) is 1.75. The summed E-state index contributed by atoms with van der Waals surface area (Å²) in [6.07, 6.45) is 6.24. The van der Waals surface area contributed by atoms with Crippen molar-refractivity contribution >= 4 is 11.6 Å². The predicted molar refractivity (Wildman–Crippen MR) is 69.0 cm³/mol. The second-order valence-corrected chi connectivity index (χ2v) is 4.07. The SMILES string of the molecule is C#CCN(CC)C(=O)c1ccc2c(c1)CCN2. The molecule has 0 atom stereocenters. The Morgan fingerprint density at radius 2 is 2.41 bits per heavy atom.